The molecule has 5 nitrogen and oxygen atoms in total. The van der Waals surface area contributed by atoms with Crippen LogP contribution >= 0.6 is 0 Å². The number of amides is 1. The summed E-state index contributed by atoms with van der Waals surface area (Å²) in [6, 6.07) is 11.2. The van der Waals surface area contributed by atoms with Gasteiger partial charge < -0.3 is 11.1 Å². The minimum absolute atomic E-state index is 0.345. The van der Waals surface area contributed by atoms with Crippen molar-refractivity contribution in [2.75, 3.05) is 6.54 Å². The number of nitrogens with zero attached hydrogens (tertiary/aromatic N) is 2. The number of aromatic nitrogens is 2. The third kappa shape index (κ3) is 5.44. The van der Waals surface area contributed by atoms with E-state index in [1.165, 1.54) is 28.8 Å². The molecular weight excluding hydrogens is 355 g/mol. The number of pyridine rings is 2. The summed E-state index contributed by atoms with van der Waals surface area (Å²) >= 11 is 0. The van der Waals surface area contributed by atoms with E-state index in [-0.39, 0.29) is 5.82 Å². The van der Waals surface area contributed by atoms with Crippen molar-refractivity contribution in [3.05, 3.63) is 95.3 Å². The van der Waals surface area contributed by atoms with E-state index in [9.17, 15) is 9.18 Å². The molecule has 3 N–H and O–H groups in total. The lowest BCUT2D eigenvalue weighted by Gasteiger charge is -2.16. The number of benzene rings is 1. The number of carbonyl (C=O) groups excluding carboxylic acids is 1. The van der Waals surface area contributed by atoms with Crippen LogP contribution in [0.3, 0.4) is 0 Å². The molecule has 0 spiro atoms. The average Bonchev–Trinajstić information content (AvgIpc) is 2.72. The molecule has 28 heavy (non-hydrogen) atoms. The molecule has 2 aromatic heterocycles. The molecule has 0 saturated carbocycles. The first-order valence-corrected chi connectivity index (χ1v) is 9.22. The minimum atomic E-state index is -0.650. The van der Waals surface area contributed by atoms with Crippen molar-refractivity contribution in [1.82, 2.24) is 15.3 Å². The van der Waals surface area contributed by atoms with Gasteiger partial charge in [0.15, 0.2) is 0 Å². The van der Waals surface area contributed by atoms with Crippen LogP contribution in [0, 0.1) is 5.82 Å². The summed E-state index contributed by atoms with van der Waals surface area (Å²) in [6.07, 6.45) is 9.78. The number of primary amides is 1. The molecule has 3 rings (SSSR count). The molecule has 0 aliphatic carbocycles. The standard InChI is InChI=1S/C22H23FN4O/c23-20-5-3-18(4-6-20)21(22(24)28)27-14-10-17-9-13-26-15-19(17)2-1-16-7-11-25-12-8-16/h3-9,11-13,15,21,27H,1-2,10,14H2,(H2,24,28). The maximum atomic E-state index is 13.1. The maximum Gasteiger partial charge on any atom is 0.239 e. The molecule has 0 aliphatic rings. The van der Waals surface area contributed by atoms with E-state index in [4.69, 9.17) is 5.73 Å². The van der Waals surface area contributed by atoms with Gasteiger partial charge in [0.2, 0.25) is 5.91 Å². The van der Waals surface area contributed by atoms with Crippen LogP contribution in [0.15, 0.2) is 67.3 Å². The SMILES string of the molecule is NC(=O)C(NCCc1ccncc1CCc1ccncc1)c1ccc(F)cc1. The first-order chi connectivity index (χ1) is 13.6. The zero-order chi connectivity index (χ0) is 19.8. The van der Waals surface area contributed by atoms with Crippen LogP contribution in [-0.4, -0.2) is 22.4 Å². The lowest BCUT2D eigenvalue weighted by molar-refractivity contribution is -0.120. The van der Waals surface area contributed by atoms with Crippen molar-refractivity contribution in [2.45, 2.75) is 25.3 Å². The number of nitrogens with one attached hydrogen (secondary N) is 1. The van der Waals surface area contributed by atoms with E-state index in [0.29, 0.717) is 12.1 Å². The van der Waals surface area contributed by atoms with Crippen LogP contribution in [0.5, 0.6) is 0 Å². The second kappa shape index (κ2) is 9.71. The second-order valence-corrected chi connectivity index (χ2v) is 6.59. The summed E-state index contributed by atoms with van der Waals surface area (Å²) in [4.78, 5) is 20.1. The first kappa shape index (κ1) is 19.6. The van der Waals surface area contributed by atoms with E-state index in [1.54, 1.807) is 30.7 Å². The summed E-state index contributed by atoms with van der Waals surface area (Å²) in [5.74, 6) is -0.832. The van der Waals surface area contributed by atoms with Gasteiger partial charge in [0.05, 0.1) is 0 Å². The predicted octanol–water partition coefficient (Wildman–Crippen LogP) is 2.76. The number of hydrogen-bond acceptors (Lipinski definition) is 4. The number of rotatable bonds is 9. The van der Waals surface area contributed by atoms with E-state index >= 15 is 0 Å². The van der Waals surface area contributed by atoms with E-state index < -0.39 is 11.9 Å². The van der Waals surface area contributed by atoms with Gasteiger partial charge in [-0.1, -0.05) is 12.1 Å². The fourth-order valence-corrected chi connectivity index (χ4v) is 3.14. The predicted molar refractivity (Wildman–Crippen MR) is 106 cm³/mol. The maximum absolute atomic E-state index is 13.1. The molecule has 1 unspecified atom stereocenters. The van der Waals surface area contributed by atoms with Crippen LogP contribution in [0.2, 0.25) is 0 Å². The van der Waals surface area contributed by atoms with Crippen molar-refractivity contribution in [3.8, 4) is 0 Å². The highest BCUT2D eigenvalue weighted by Gasteiger charge is 2.17. The Bertz CT molecular complexity index is 900. The second-order valence-electron chi connectivity index (χ2n) is 6.59. The number of carbonyl (C=O) groups is 1. The Kier molecular flexibility index (Phi) is 6.81. The van der Waals surface area contributed by atoms with Gasteiger partial charge in [-0.25, -0.2) is 4.39 Å². The topological polar surface area (TPSA) is 80.9 Å². The molecule has 2 heterocycles. The van der Waals surface area contributed by atoms with Gasteiger partial charge in [0.1, 0.15) is 11.9 Å². The molecule has 0 saturated heterocycles. The summed E-state index contributed by atoms with van der Waals surface area (Å²) in [5, 5.41) is 3.18. The number of halogens is 1. The first-order valence-electron chi connectivity index (χ1n) is 9.22. The molecule has 0 aliphatic heterocycles. The van der Waals surface area contributed by atoms with Gasteiger partial charge in [0, 0.05) is 31.3 Å². The van der Waals surface area contributed by atoms with Gasteiger partial charge in [-0.3, -0.25) is 14.8 Å². The summed E-state index contributed by atoms with van der Waals surface area (Å²) < 4.78 is 13.1. The number of nitrogens with two attached hydrogens (primary N) is 1. The van der Waals surface area contributed by atoms with Crippen LogP contribution in [0.4, 0.5) is 4.39 Å². The minimum Gasteiger partial charge on any atom is -0.368 e. The van der Waals surface area contributed by atoms with E-state index in [1.807, 2.05) is 24.4 Å². The van der Waals surface area contributed by atoms with Crippen LogP contribution in [0.1, 0.15) is 28.3 Å². The zero-order valence-corrected chi connectivity index (χ0v) is 15.5. The lowest BCUT2D eigenvalue weighted by atomic mass is 10.00. The Morgan fingerprint density at radius 1 is 0.929 bits per heavy atom. The Labute approximate surface area is 163 Å². The van der Waals surface area contributed by atoms with Crippen LogP contribution < -0.4 is 11.1 Å². The summed E-state index contributed by atoms with van der Waals surface area (Å²) in [7, 11) is 0. The Hall–Kier alpha value is -3.12. The smallest absolute Gasteiger partial charge is 0.239 e. The third-order valence-corrected chi connectivity index (χ3v) is 4.67. The van der Waals surface area contributed by atoms with Crippen LogP contribution in [0.25, 0.3) is 0 Å². The molecule has 0 radical (unpaired) electrons. The van der Waals surface area contributed by atoms with Gasteiger partial charge in [-0.2, -0.15) is 0 Å². The normalized spacial score (nSPS) is 11.9. The lowest BCUT2D eigenvalue weighted by Crippen LogP contribution is -2.34. The fraction of sp³-hybridized carbons (Fsp3) is 0.227. The fourth-order valence-electron chi connectivity index (χ4n) is 3.14. The highest BCUT2D eigenvalue weighted by Crippen LogP contribution is 2.15. The van der Waals surface area contributed by atoms with Gasteiger partial charge in [-0.05, 0) is 71.8 Å². The Balaban J connectivity index is 1.60. The van der Waals surface area contributed by atoms with Gasteiger partial charge >= 0.3 is 0 Å². The third-order valence-electron chi connectivity index (χ3n) is 4.67. The zero-order valence-electron chi connectivity index (χ0n) is 15.5. The molecule has 0 bridgehead atoms. The van der Waals surface area contributed by atoms with Crippen molar-refractivity contribution < 1.29 is 9.18 Å². The monoisotopic (exact) mass is 378 g/mol. The van der Waals surface area contributed by atoms with Crippen molar-refractivity contribution in [3.63, 3.8) is 0 Å². The molecule has 0 fully saturated rings. The van der Waals surface area contributed by atoms with Crippen LogP contribution in [-0.2, 0) is 24.1 Å². The van der Waals surface area contributed by atoms with Gasteiger partial charge in [0.25, 0.3) is 0 Å². The quantitative estimate of drug-likeness (QED) is 0.600. The Morgan fingerprint density at radius 3 is 2.36 bits per heavy atom. The largest absolute Gasteiger partial charge is 0.368 e. The van der Waals surface area contributed by atoms with Crippen molar-refractivity contribution in [2.24, 2.45) is 5.73 Å². The highest BCUT2D eigenvalue weighted by molar-refractivity contribution is 5.81. The Morgan fingerprint density at radius 2 is 1.64 bits per heavy atom. The molecule has 3 aromatic rings. The van der Waals surface area contributed by atoms with Crippen molar-refractivity contribution >= 4 is 5.91 Å². The molecular formula is C22H23FN4O. The highest BCUT2D eigenvalue weighted by atomic mass is 19.1. The molecule has 6 heteroatoms. The molecule has 1 amide bonds. The number of hydrogen-bond donors (Lipinski definition) is 2. The average molecular weight is 378 g/mol. The summed E-state index contributed by atoms with van der Waals surface area (Å²) in [5.41, 5.74) is 9.76. The van der Waals surface area contributed by atoms with E-state index in [2.05, 4.69) is 15.3 Å². The van der Waals surface area contributed by atoms with Gasteiger partial charge in [-0.15, -0.1) is 0 Å². The van der Waals surface area contributed by atoms with E-state index in [0.717, 1.165) is 19.3 Å². The summed E-state index contributed by atoms with van der Waals surface area (Å²) in [6.45, 7) is 0.567. The molecule has 144 valence electrons. The molecule has 1 aromatic carbocycles. The molecule has 1 atom stereocenters. The van der Waals surface area contributed by atoms with Crippen molar-refractivity contribution in [1.29, 1.82) is 0 Å². The number of aryl methyl sites for hydroxylation is 2.